The zero-order valence-electron chi connectivity index (χ0n) is 18.1. The van der Waals surface area contributed by atoms with Crippen LogP contribution in [0.3, 0.4) is 0 Å². The molecule has 3 rings (SSSR count). The minimum atomic E-state index is -0.0812. The zero-order chi connectivity index (χ0) is 21.5. The normalized spacial score (nSPS) is 17.9. The molecule has 2 aromatic rings. The number of nitrogens with zero attached hydrogens (tertiary/aromatic N) is 2. The lowest BCUT2D eigenvalue weighted by Gasteiger charge is -2.26. The summed E-state index contributed by atoms with van der Waals surface area (Å²) in [6.45, 7) is 7.63. The maximum atomic E-state index is 12.9. The van der Waals surface area contributed by atoms with E-state index in [-0.39, 0.29) is 17.8 Å². The fourth-order valence-corrected chi connectivity index (χ4v) is 3.77. The van der Waals surface area contributed by atoms with Crippen LogP contribution in [0.4, 0.5) is 0 Å². The van der Waals surface area contributed by atoms with Gasteiger partial charge in [0.15, 0.2) is 11.5 Å². The molecule has 0 aromatic heterocycles. The lowest BCUT2D eigenvalue weighted by atomic mass is 10.1. The Labute approximate surface area is 179 Å². The van der Waals surface area contributed by atoms with E-state index in [0.29, 0.717) is 44.5 Å². The van der Waals surface area contributed by atoms with Crippen LogP contribution in [0.15, 0.2) is 48.5 Å². The van der Waals surface area contributed by atoms with E-state index in [4.69, 9.17) is 9.47 Å². The second kappa shape index (κ2) is 10.5. The van der Waals surface area contributed by atoms with Gasteiger partial charge in [0, 0.05) is 26.2 Å². The maximum Gasteiger partial charge on any atom is 0.236 e. The van der Waals surface area contributed by atoms with Gasteiger partial charge in [-0.15, -0.1) is 0 Å². The highest BCUT2D eigenvalue weighted by atomic mass is 16.5. The van der Waals surface area contributed by atoms with Gasteiger partial charge in [0.05, 0.1) is 26.4 Å². The van der Waals surface area contributed by atoms with Gasteiger partial charge in [-0.3, -0.25) is 9.69 Å². The number of amides is 1. The van der Waals surface area contributed by atoms with Crippen molar-refractivity contribution in [1.29, 1.82) is 0 Å². The van der Waals surface area contributed by atoms with Crippen LogP contribution in [0.1, 0.15) is 25.0 Å². The molecule has 162 valence electrons. The van der Waals surface area contributed by atoms with Gasteiger partial charge in [-0.2, -0.15) is 0 Å². The van der Waals surface area contributed by atoms with Gasteiger partial charge in [-0.05, 0) is 29.2 Å². The average Bonchev–Trinajstić information content (AvgIpc) is 2.85. The van der Waals surface area contributed by atoms with Crippen LogP contribution in [-0.4, -0.2) is 60.2 Å². The van der Waals surface area contributed by atoms with Gasteiger partial charge in [0.2, 0.25) is 5.91 Å². The molecule has 1 atom stereocenters. The summed E-state index contributed by atoms with van der Waals surface area (Å²) in [7, 11) is 1.53. The van der Waals surface area contributed by atoms with Crippen LogP contribution < -0.4 is 4.74 Å². The number of benzene rings is 2. The van der Waals surface area contributed by atoms with Crippen molar-refractivity contribution in [3.63, 3.8) is 0 Å². The standard InChI is InChI=1S/C24H32N2O4/c1-18(2)12-26-15-21(30-17-19-7-5-4-6-8-19)14-25(16-24(26)28)13-20-9-10-23(29-3)22(27)11-20/h4-11,18,21,27H,12-17H2,1-3H3. The van der Waals surface area contributed by atoms with Crippen molar-refractivity contribution in [2.75, 3.05) is 33.3 Å². The van der Waals surface area contributed by atoms with Crippen LogP contribution >= 0.6 is 0 Å². The van der Waals surface area contributed by atoms with Crippen molar-refractivity contribution in [3.8, 4) is 11.5 Å². The smallest absolute Gasteiger partial charge is 0.236 e. The van der Waals surface area contributed by atoms with E-state index in [1.54, 1.807) is 12.1 Å². The summed E-state index contributed by atoms with van der Waals surface area (Å²) in [6, 6.07) is 15.4. The lowest BCUT2D eigenvalue weighted by molar-refractivity contribution is -0.132. The molecule has 0 saturated carbocycles. The molecule has 1 amide bonds. The van der Waals surface area contributed by atoms with E-state index in [9.17, 15) is 9.90 Å². The fraction of sp³-hybridized carbons (Fsp3) is 0.458. The average molecular weight is 413 g/mol. The maximum absolute atomic E-state index is 12.9. The molecule has 1 aliphatic rings. The summed E-state index contributed by atoms with van der Waals surface area (Å²) in [5.74, 6) is 1.06. The topological polar surface area (TPSA) is 62.2 Å². The summed E-state index contributed by atoms with van der Waals surface area (Å²) < 4.78 is 11.4. The van der Waals surface area contributed by atoms with E-state index in [1.807, 2.05) is 41.3 Å². The molecule has 1 N–H and O–H groups in total. The Bertz CT molecular complexity index is 825. The first-order valence-electron chi connectivity index (χ1n) is 10.5. The molecular weight excluding hydrogens is 380 g/mol. The largest absolute Gasteiger partial charge is 0.504 e. The first kappa shape index (κ1) is 22.1. The van der Waals surface area contributed by atoms with Crippen molar-refractivity contribution < 1.29 is 19.4 Å². The summed E-state index contributed by atoms with van der Waals surface area (Å²) in [5, 5.41) is 10.1. The van der Waals surface area contributed by atoms with Crippen molar-refractivity contribution in [2.45, 2.75) is 33.1 Å². The molecule has 6 heteroatoms. The van der Waals surface area contributed by atoms with Gasteiger partial charge in [-0.1, -0.05) is 50.2 Å². The molecule has 1 heterocycles. The van der Waals surface area contributed by atoms with E-state index in [1.165, 1.54) is 7.11 Å². The first-order valence-corrected chi connectivity index (χ1v) is 10.5. The Hall–Kier alpha value is -2.57. The number of rotatable bonds is 8. The molecule has 6 nitrogen and oxygen atoms in total. The third-order valence-corrected chi connectivity index (χ3v) is 5.16. The second-order valence-corrected chi connectivity index (χ2v) is 8.29. The molecule has 2 aromatic carbocycles. The molecule has 1 unspecified atom stereocenters. The van der Waals surface area contributed by atoms with Crippen molar-refractivity contribution >= 4 is 5.91 Å². The Morgan fingerprint density at radius 1 is 1.10 bits per heavy atom. The SMILES string of the molecule is COc1ccc(CN2CC(=O)N(CC(C)C)CC(OCc3ccccc3)C2)cc1O. The number of hydrogen-bond acceptors (Lipinski definition) is 5. The zero-order valence-corrected chi connectivity index (χ0v) is 18.1. The minimum absolute atomic E-state index is 0.0812. The number of ether oxygens (including phenoxy) is 2. The van der Waals surface area contributed by atoms with Gasteiger partial charge in [-0.25, -0.2) is 0 Å². The molecule has 0 radical (unpaired) electrons. The summed E-state index contributed by atoms with van der Waals surface area (Å²) in [6.07, 6.45) is -0.0812. The third-order valence-electron chi connectivity index (χ3n) is 5.16. The highest BCUT2D eigenvalue weighted by Crippen LogP contribution is 2.27. The van der Waals surface area contributed by atoms with E-state index in [2.05, 4.69) is 18.7 Å². The molecule has 0 bridgehead atoms. The number of phenolic OH excluding ortho intramolecular Hbond substituents is 1. The van der Waals surface area contributed by atoms with Crippen LogP contribution in [0.5, 0.6) is 11.5 Å². The number of hydrogen-bond donors (Lipinski definition) is 1. The van der Waals surface area contributed by atoms with Crippen molar-refractivity contribution in [3.05, 3.63) is 59.7 Å². The lowest BCUT2D eigenvalue weighted by Crippen LogP contribution is -2.40. The predicted molar refractivity (Wildman–Crippen MR) is 116 cm³/mol. The summed E-state index contributed by atoms with van der Waals surface area (Å²) >= 11 is 0. The van der Waals surface area contributed by atoms with Crippen LogP contribution in [0.25, 0.3) is 0 Å². The van der Waals surface area contributed by atoms with Crippen LogP contribution in [0, 0.1) is 5.92 Å². The molecule has 1 aliphatic heterocycles. The van der Waals surface area contributed by atoms with E-state index >= 15 is 0 Å². The van der Waals surface area contributed by atoms with Gasteiger partial charge in [0.25, 0.3) is 0 Å². The monoisotopic (exact) mass is 412 g/mol. The number of aromatic hydroxyl groups is 1. The number of carbonyl (C=O) groups excluding carboxylic acids is 1. The van der Waals surface area contributed by atoms with Gasteiger partial charge in [0.1, 0.15) is 0 Å². The Morgan fingerprint density at radius 3 is 2.53 bits per heavy atom. The van der Waals surface area contributed by atoms with Crippen LogP contribution in [-0.2, 0) is 22.7 Å². The Kier molecular flexibility index (Phi) is 7.71. The highest BCUT2D eigenvalue weighted by molar-refractivity contribution is 5.78. The third kappa shape index (κ3) is 6.21. The molecule has 0 spiro atoms. The number of methoxy groups -OCH3 is 1. The van der Waals surface area contributed by atoms with E-state index in [0.717, 1.165) is 17.7 Å². The molecule has 30 heavy (non-hydrogen) atoms. The Balaban J connectivity index is 1.72. The number of carbonyl (C=O) groups is 1. The summed E-state index contributed by atoms with van der Waals surface area (Å²) in [5.41, 5.74) is 2.05. The molecule has 0 aliphatic carbocycles. The van der Waals surface area contributed by atoms with Crippen molar-refractivity contribution in [1.82, 2.24) is 9.80 Å². The molecular formula is C24H32N2O4. The van der Waals surface area contributed by atoms with Gasteiger partial charge < -0.3 is 19.5 Å². The Morgan fingerprint density at radius 2 is 1.87 bits per heavy atom. The molecule has 1 fully saturated rings. The fourth-order valence-electron chi connectivity index (χ4n) is 3.77. The minimum Gasteiger partial charge on any atom is -0.504 e. The quantitative estimate of drug-likeness (QED) is 0.721. The first-order chi connectivity index (χ1) is 14.4. The predicted octanol–water partition coefficient (Wildman–Crippen LogP) is 3.29. The summed E-state index contributed by atoms with van der Waals surface area (Å²) in [4.78, 5) is 16.9. The molecule has 1 saturated heterocycles. The number of phenols is 1. The highest BCUT2D eigenvalue weighted by Gasteiger charge is 2.29. The van der Waals surface area contributed by atoms with Gasteiger partial charge >= 0.3 is 0 Å². The van der Waals surface area contributed by atoms with E-state index < -0.39 is 0 Å². The van der Waals surface area contributed by atoms with Crippen LogP contribution in [0.2, 0.25) is 0 Å². The second-order valence-electron chi connectivity index (χ2n) is 8.29. The van der Waals surface area contributed by atoms with Crippen molar-refractivity contribution in [2.24, 2.45) is 5.92 Å².